The van der Waals surface area contributed by atoms with Crippen molar-refractivity contribution in [2.75, 3.05) is 13.6 Å². The van der Waals surface area contributed by atoms with Gasteiger partial charge in [0.05, 0.1) is 6.04 Å². The summed E-state index contributed by atoms with van der Waals surface area (Å²) in [6.07, 6.45) is 7.06. The quantitative estimate of drug-likeness (QED) is 0.408. The van der Waals surface area contributed by atoms with Crippen molar-refractivity contribution in [1.29, 1.82) is 0 Å². The summed E-state index contributed by atoms with van der Waals surface area (Å²) in [5.74, 6) is 0.561. The van der Waals surface area contributed by atoms with Crippen LogP contribution >= 0.6 is 0 Å². The molecule has 3 unspecified atom stereocenters. The number of benzene rings is 1. The molecule has 0 aliphatic carbocycles. The fourth-order valence-corrected chi connectivity index (χ4v) is 3.39. The average Bonchev–Trinajstić information content (AvgIpc) is 2.75. The Balaban J connectivity index is 0.00000113. The van der Waals surface area contributed by atoms with Gasteiger partial charge in [-0.3, -0.25) is 5.01 Å². The van der Waals surface area contributed by atoms with Crippen LogP contribution in [-0.4, -0.2) is 47.5 Å². The van der Waals surface area contributed by atoms with Gasteiger partial charge >= 0.3 is 0 Å². The van der Waals surface area contributed by atoms with Gasteiger partial charge in [-0.15, -0.1) is 6.58 Å². The van der Waals surface area contributed by atoms with E-state index < -0.39 is 6.17 Å². The van der Waals surface area contributed by atoms with Gasteiger partial charge in [-0.2, -0.15) is 5.10 Å². The Morgan fingerprint density at radius 3 is 2.29 bits per heavy atom. The van der Waals surface area contributed by atoms with Crippen LogP contribution < -0.4 is 0 Å². The lowest BCUT2D eigenvalue weighted by Crippen LogP contribution is -2.42. The SMILES string of the molecule is C/C=C/C1CC(C)C(CCN(C)Cc2ccccc2)=NN1C(C)C.C=CC(C)F.CC. The smallest absolute Gasteiger partial charge is 0.115 e. The zero-order valence-corrected chi connectivity index (χ0v) is 21.2. The Labute approximate surface area is 191 Å². The van der Waals surface area contributed by atoms with E-state index in [1.54, 1.807) is 0 Å². The number of allylic oxidation sites excluding steroid dienone is 2. The Hall–Kier alpha value is -1.94. The minimum atomic E-state index is -0.852. The summed E-state index contributed by atoms with van der Waals surface area (Å²) in [6, 6.07) is 11.6. The van der Waals surface area contributed by atoms with Gasteiger partial charge < -0.3 is 4.90 Å². The van der Waals surface area contributed by atoms with E-state index in [2.05, 4.69) is 93.7 Å². The van der Waals surface area contributed by atoms with Gasteiger partial charge in [0.15, 0.2) is 0 Å². The summed E-state index contributed by atoms with van der Waals surface area (Å²) in [7, 11) is 2.20. The van der Waals surface area contributed by atoms with E-state index >= 15 is 0 Å². The zero-order valence-electron chi connectivity index (χ0n) is 21.2. The molecule has 0 spiro atoms. The highest BCUT2D eigenvalue weighted by molar-refractivity contribution is 5.87. The molecule has 0 aromatic heterocycles. The van der Waals surface area contributed by atoms with E-state index in [4.69, 9.17) is 5.10 Å². The van der Waals surface area contributed by atoms with Gasteiger partial charge in [-0.1, -0.05) is 69.3 Å². The molecular formula is C27H46FN3. The van der Waals surface area contributed by atoms with Gasteiger partial charge in [-0.05, 0) is 52.6 Å². The molecule has 1 heterocycles. The topological polar surface area (TPSA) is 18.8 Å². The van der Waals surface area contributed by atoms with Crippen LogP contribution in [0.2, 0.25) is 0 Å². The molecule has 0 saturated carbocycles. The molecule has 0 amide bonds. The molecule has 3 nitrogen and oxygen atoms in total. The largest absolute Gasteiger partial charge is 0.302 e. The Bertz CT molecular complexity index is 637. The molecule has 4 heteroatoms. The molecule has 1 aliphatic rings. The number of alkyl halides is 1. The molecule has 1 aromatic carbocycles. The third-order valence-electron chi connectivity index (χ3n) is 5.06. The van der Waals surface area contributed by atoms with E-state index in [0.29, 0.717) is 18.0 Å². The normalized spacial score (nSPS) is 19.3. The fourth-order valence-electron chi connectivity index (χ4n) is 3.39. The molecule has 0 saturated heterocycles. The minimum Gasteiger partial charge on any atom is -0.302 e. The molecule has 1 aromatic rings. The zero-order chi connectivity index (χ0) is 23.8. The summed E-state index contributed by atoms with van der Waals surface area (Å²) in [6.45, 7) is 19.6. The third-order valence-corrected chi connectivity index (χ3v) is 5.06. The predicted molar refractivity (Wildman–Crippen MR) is 136 cm³/mol. The summed E-state index contributed by atoms with van der Waals surface area (Å²) >= 11 is 0. The van der Waals surface area contributed by atoms with Crippen molar-refractivity contribution in [3.8, 4) is 0 Å². The first-order chi connectivity index (χ1) is 14.8. The summed E-state index contributed by atoms with van der Waals surface area (Å²) in [4.78, 5) is 2.39. The van der Waals surface area contributed by atoms with Crippen LogP contribution in [0.15, 0.2) is 60.2 Å². The molecule has 3 atom stereocenters. The van der Waals surface area contributed by atoms with Crippen molar-refractivity contribution in [2.45, 2.75) is 86.1 Å². The number of rotatable bonds is 8. The third kappa shape index (κ3) is 11.9. The summed E-state index contributed by atoms with van der Waals surface area (Å²) in [5.41, 5.74) is 2.72. The highest BCUT2D eigenvalue weighted by Crippen LogP contribution is 2.25. The maximum Gasteiger partial charge on any atom is 0.115 e. The highest BCUT2D eigenvalue weighted by atomic mass is 19.1. The molecule has 0 bridgehead atoms. The lowest BCUT2D eigenvalue weighted by Gasteiger charge is -2.38. The molecule has 0 radical (unpaired) electrons. The van der Waals surface area contributed by atoms with Crippen molar-refractivity contribution < 1.29 is 4.39 Å². The first kappa shape index (κ1) is 29.1. The van der Waals surface area contributed by atoms with Gasteiger partial charge in [-0.25, -0.2) is 4.39 Å². The van der Waals surface area contributed by atoms with Crippen molar-refractivity contribution in [3.63, 3.8) is 0 Å². The van der Waals surface area contributed by atoms with Gasteiger partial charge in [0, 0.05) is 31.3 Å². The standard InChI is InChI=1S/C21H33N3.C4H7F.C2H6/c1-6-10-20-15-18(4)21(22-24(20)17(2)3)13-14-23(5)16-19-11-8-7-9-12-19;1-3-4(2)5;1-2/h6-12,17-18,20H,13-16H2,1-5H3;3-4H,1H2,2H3;1-2H3/b10-6+;;. The fraction of sp³-hybridized carbons (Fsp3) is 0.593. The van der Waals surface area contributed by atoms with Crippen LogP contribution in [0.5, 0.6) is 0 Å². The van der Waals surface area contributed by atoms with E-state index in [9.17, 15) is 4.39 Å². The number of hydrazone groups is 1. The van der Waals surface area contributed by atoms with E-state index in [0.717, 1.165) is 19.5 Å². The molecule has 1 aliphatic heterocycles. The first-order valence-electron chi connectivity index (χ1n) is 11.8. The number of halogens is 1. The summed E-state index contributed by atoms with van der Waals surface area (Å²) in [5, 5.41) is 7.30. The van der Waals surface area contributed by atoms with Crippen LogP contribution in [0, 0.1) is 5.92 Å². The molecule has 31 heavy (non-hydrogen) atoms. The summed E-state index contributed by atoms with van der Waals surface area (Å²) < 4.78 is 11.3. The van der Waals surface area contributed by atoms with E-state index in [1.165, 1.54) is 30.7 Å². The average molecular weight is 432 g/mol. The van der Waals surface area contributed by atoms with E-state index in [-0.39, 0.29) is 0 Å². The lowest BCUT2D eigenvalue weighted by molar-refractivity contribution is 0.159. The number of hydrogen-bond acceptors (Lipinski definition) is 3. The molecule has 0 N–H and O–H groups in total. The second kappa shape index (κ2) is 16.7. The van der Waals surface area contributed by atoms with Crippen molar-refractivity contribution in [2.24, 2.45) is 11.0 Å². The van der Waals surface area contributed by atoms with Crippen LogP contribution in [0.1, 0.15) is 66.9 Å². The molecule has 0 fully saturated rings. The molecule has 2 rings (SSSR count). The second-order valence-electron chi connectivity index (χ2n) is 8.18. The van der Waals surface area contributed by atoms with Crippen LogP contribution in [0.4, 0.5) is 4.39 Å². The van der Waals surface area contributed by atoms with Crippen molar-refractivity contribution >= 4 is 5.71 Å². The van der Waals surface area contributed by atoms with Gasteiger partial charge in [0.1, 0.15) is 6.17 Å². The predicted octanol–water partition coefficient (Wildman–Crippen LogP) is 7.12. The monoisotopic (exact) mass is 431 g/mol. The minimum absolute atomic E-state index is 0.441. The van der Waals surface area contributed by atoms with Gasteiger partial charge in [0.2, 0.25) is 0 Å². The first-order valence-corrected chi connectivity index (χ1v) is 11.8. The van der Waals surface area contributed by atoms with Crippen LogP contribution in [0.25, 0.3) is 0 Å². The Morgan fingerprint density at radius 2 is 1.81 bits per heavy atom. The van der Waals surface area contributed by atoms with Crippen LogP contribution in [0.3, 0.4) is 0 Å². The Kier molecular flexibility index (Phi) is 15.7. The molecular weight excluding hydrogens is 385 g/mol. The maximum absolute atomic E-state index is 11.3. The number of hydrogen-bond donors (Lipinski definition) is 0. The number of nitrogens with zero attached hydrogens (tertiary/aromatic N) is 3. The van der Waals surface area contributed by atoms with Crippen molar-refractivity contribution in [1.82, 2.24) is 9.91 Å². The Morgan fingerprint density at radius 1 is 1.23 bits per heavy atom. The molecule has 176 valence electrons. The maximum atomic E-state index is 11.3. The van der Waals surface area contributed by atoms with Crippen LogP contribution in [-0.2, 0) is 6.54 Å². The second-order valence-corrected chi connectivity index (χ2v) is 8.18. The van der Waals surface area contributed by atoms with E-state index in [1.807, 2.05) is 13.8 Å². The lowest BCUT2D eigenvalue weighted by atomic mass is 9.92. The highest BCUT2D eigenvalue weighted by Gasteiger charge is 2.27. The van der Waals surface area contributed by atoms with Crippen molar-refractivity contribution in [3.05, 3.63) is 60.7 Å². The van der Waals surface area contributed by atoms with Gasteiger partial charge in [0.25, 0.3) is 0 Å².